The number of nitrogens with zero attached hydrogens (tertiary/aromatic N) is 3. The largest absolute Gasteiger partial charge is 0.477 e. The highest BCUT2D eigenvalue weighted by molar-refractivity contribution is 5.96. The molecule has 0 aromatic carbocycles. The van der Waals surface area contributed by atoms with E-state index in [1.54, 1.807) is 16.8 Å². The number of fused-ring (bicyclic) bond motifs is 1. The van der Waals surface area contributed by atoms with Crippen molar-refractivity contribution in [2.45, 2.75) is 84.5 Å². The molecule has 33 heavy (non-hydrogen) atoms. The van der Waals surface area contributed by atoms with Gasteiger partial charge in [0.1, 0.15) is 0 Å². The fourth-order valence-electron chi connectivity index (χ4n) is 4.71. The molecule has 3 N–H and O–H groups in total. The molecule has 9 nitrogen and oxygen atoms in total. The number of piperidine rings is 1. The van der Waals surface area contributed by atoms with Gasteiger partial charge in [0.25, 0.3) is 5.91 Å². The van der Waals surface area contributed by atoms with E-state index in [1.165, 1.54) is 10.6 Å². The number of carbonyl (C=O) groups is 2. The zero-order chi connectivity index (χ0) is 23.9. The van der Waals surface area contributed by atoms with Gasteiger partial charge in [-0.05, 0) is 57.9 Å². The second-order valence-corrected chi connectivity index (χ2v) is 9.85. The highest BCUT2D eigenvalue weighted by Gasteiger charge is 2.34. The summed E-state index contributed by atoms with van der Waals surface area (Å²) in [6.45, 7) is 8.50. The van der Waals surface area contributed by atoms with Crippen LogP contribution in [0.4, 0.5) is 0 Å². The number of aromatic nitrogens is 3. The maximum absolute atomic E-state index is 13.1. The first-order valence-corrected chi connectivity index (χ1v) is 11.9. The fourth-order valence-corrected chi connectivity index (χ4v) is 4.71. The summed E-state index contributed by atoms with van der Waals surface area (Å²) in [6.07, 6.45) is 9.65. The van der Waals surface area contributed by atoms with Crippen molar-refractivity contribution in [3.05, 3.63) is 33.8 Å². The fraction of sp³-hybridized carbons (Fsp3) is 0.583. The third-order valence-electron chi connectivity index (χ3n) is 6.51. The van der Waals surface area contributed by atoms with Crippen molar-refractivity contribution < 1.29 is 19.3 Å². The van der Waals surface area contributed by atoms with E-state index < -0.39 is 11.5 Å². The Kier molecular flexibility index (Phi) is 6.32. The number of likely N-dealkylation sites (tertiary alicyclic amines) is 1. The van der Waals surface area contributed by atoms with Gasteiger partial charge in [-0.2, -0.15) is 4.57 Å². The third kappa shape index (κ3) is 4.54. The number of carbonyl (C=O) groups excluding carboxylic acids is 2. The molecule has 1 saturated carbocycles. The standard InChI is InChI=1S/C24H33N5O4/c1-14(2)13-27-22-17(8-11-19(30)28-15(3)6-5-7-16(28)4)12-25-29(22)24(33)20(23(27)32)21(31)26-18-9-10-18/h8,11-12,14-16,18H,5-7,9-10,13H2,1-4H3,(H2,26,31,32,33)/p+1/b11-8+/t15-,16+. The SMILES string of the molecule is CC(C)C[n+]1c(O)c(C(=O)NC2CC2)c(=O)n2[nH]cc(/C=C/C(=O)N3[C@H](C)CCC[C@@H]3C)c21. The zero-order valence-electron chi connectivity index (χ0n) is 19.8. The molecule has 2 aliphatic rings. The molecule has 0 spiro atoms. The predicted molar refractivity (Wildman–Crippen MR) is 124 cm³/mol. The summed E-state index contributed by atoms with van der Waals surface area (Å²) in [5.41, 5.74) is 0.107. The van der Waals surface area contributed by atoms with Gasteiger partial charge in [-0.15, -0.1) is 0 Å². The van der Waals surface area contributed by atoms with Gasteiger partial charge in [-0.1, -0.05) is 18.4 Å². The van der Waals surface area contributed by atoms with Crippen molar-refractivity contribution in [3.63, 3.8) is 0 Å². The van der Waals surface area contributed by atoms with E-state index in [9.17, 15) is 19.5 Å². The topological polar surface area (TPSA) is 111 Å². The van der Waals surface area contributed by atoms with E-state index >= 15 is 0 Å². The summed E-state index contributed by atoms with van der Waals surface area (Å²) in [7, 11) is 0. The Morgan fingerprint density at radius 1 is 1.24 bits per heavy atom. The van der Waals surface area contributed by atoms with E-state index in [2.05, 4.69) is 24.3 Å². The summed E-state index contributed by atoms with van der Waals surface area (Å²) >= 11 is 0. The van der Waals surface area contributed by atoms with Crippen molar-refractivity contribution >= 4 is 23.5 Å². The Morgan fingerprint density at radius 2 is 1.91 bits per heavy atom. The van der Waals surface area contributed by atoms with Gasteiger partial charge < -0.3 is 15.3 Å². The van der Waals surface area contributed by atoms with Crippen molar-refractivity contribution in [2.75, 3.05) is 0 Å². The van der Waals surface area contributed by atoms with Crippen LogP contribution in [0.1, 0.15) is 75.7 Å². The van der Waals surface area contributed by atoms with Gasteiger partial charge in [-0.3, -0.25) is 9.59 Å². The second kappa shape index (κ2) is 9.03. The van der Waals surface area contributed by atoms with Crippen molar-refractivity contribution in [1.82, 2.24) is 19.8 Å². The van der Waals surface area contributed by atoms with Crippen molar-refractivity contribution in [3.8, 4) is 5.88 Å². The smallest absolute Gasteiger partial charge is 0.378 e. The maximum Gasteiger partial charge on any atom is 0.378 e. The van der Waals surface area contributed by atoms with Crippen LogP contribution in [0.5, 0.6) is 5.88 Å². The Hall–Kier alpha value is -3.10. The van der Waals surface area contributed by atoms with E-state index in [4.69, 9.17) is 0 Å². The molecular weight excluding hydrogens is 422 g/mol. The molecule has 0 bridgehead atoms. The van der Waals surface area contributed by atoms with Gasteiger partial charge >= 0.3 is 17.1 Å². The number of hydrogen-bond donors (Lipinski definition) is 3. The number of aromatic amines is 1. The molecule has 178 valence electrons. The highest BCUT2D eigenvalue weighted by atomic mass is 16.3. The van der Waals surface area contributed by atoms with Crippen LogP contribution in [-0.4, -0.2) is 49.6 Å². The monoisotopic (exact) mass is 456 g/mol. The quantitative estimate of drug-likeness (QED) is 0.456. The Morgan fingerprint density at radius 3 is 2.52 bits per heavy atom. The Balaban J connectivity index is 1.75. The van der Waals surface area contributed by atoms with E-state index in [0.717, 1.165) is 32.1 Å². The molecule has 2 aromatic heterocycles. The number of nitrogens with one attached hydrogen (secondary N) is 2. The molecule has 1 saturated heterocycles. The minimum absolute atomic E-state index is 0.0586. The highest BCUT2D eigenvalue weighted by Crippen LogP contribution is 2.24. The summed E-state index contributed by atoms with van der Waals surface area (Å²) in [6, 6.07) is 0.418. The number of aromatic hydroxyl groups is 1. The second-order valence-electron chi connectivity index (χ2n) is 9.85. The number of amides is 2. The minimum atomic E-state index is -0.620. The summed E-state index contributed by atoms with van der Waals surface area (Å²) in [4.78, 5) is 40.7. The van der Waals surface area contributed by atoms with Crippen LogP contribution in [-0.2, 0) is 11.3 Å². The Labute approximate surface area is 193 Å². The molecular formula is C24H34N5O4+. The van der Waals surface area contributed by atoms with E-state index in [-0.39, 0.29) is 41.4 Å². The molecule has 1 aliphatic heterocycles. The lowest BCUT2D eigenvalue weighted by Gasteiger charge is -2.38. The third-order valence-corrected chi connectivity index (χ3v) is 6.51. The Bertz CT molecular complexity index is 1150. The van der Waals surface area contributed by atoms with Crippen LogP contribution in [0, 0.1) is 5.92 Å². The number of hydrogen-bond acceptors (Lipinski definition) is 4. The first-order chi connectivity index (χ1) is 15.7. The molecule has 2 aromatic rings. The lowest BCUT2D eigenvalue weighted by Crippen LogP contribution is -2.46. The van der Waals surface area contributed by atoms with Crippen molar-refractivity contribution in [2.24, 2.45) is 5.92 Å². The maximum atomic E-state index is 13.1. The lowest BCUT2D eigenvalue weighted by atomic mass is 9.97. The minimum Gasteiger partial charge on any atom is -0.477 e. The molecule has 0 radical (unpaired) electrons. The molecule has 9 heteroatoms. The first-order valence-electron chi connectivity index (χ1n) is 11.9. The first kappa shape index (κ1) is 23.1. The van der Waals surface area contributed by atoms with Crippen LogP contribution in [0.2, 0.25) is 0 Å². The average molecular weight is 457 g/mol. The number of rotatable bonds is 6. The predicted octanol–water partition coefficient (Wildman–Crippen LogP) is 1.97. The van der Waals surface area contributed by atoms with Crippen LogP contribution in [0.3, 0.4) is 0 Å². The van der Waals surface area contributed by atoms with Gasteiger partial charge in [0.15, 0.2) is 0 Å². The van der Waals surface area contributed by atoms with Gasteiger partial charge in [0, 0.05) is 24.2 Å². The van der Waals surface area contributed by atoms with Crippen LogP contribution >= 0.6 is 0 Å². The normalized spacial score (nSPS) is 21.3. The molecule has 3 heterocycles. The van der Waals surface area contributed by atoms with Crippen LogP contribution < -0.4 is 15.4 Å². The molecule has 0 unspecified atom stereocenters. The molecule has 4 rings (SSSR count). The number of H-pyrrole nitrogens is 1. The average Bonchev–Trinajstić information content (AvgIpc) is 3.44. The summed E-state index contributed by atoms with van der Waals surface area (Å²) in [5, 5.41) is 16.7. The molecule has 2 atom stereocenters. The van der Waals surface area contributed by atoms with Gasteiger partial charge in [0.2, 0.25) is 11.5 Å². The van der Waals surface area contributed by atoms with Gasteiger partial charge in [-0.25, -0.2) is 9.89 Å². The molecule has 2 amide bonds. The van der Waals surface area contributed by atoms with E-state index in [0.29, 0.717) is 17.8 Å². The van der Waals surface area contributed by atoms with Crippen molar-refractivity contribution in [1.29, 1.82) is 0 Å². The molecule has 1 aliphatic carbocycles. The summed E-state index contributed by atoms with van der Waals surface area (Å²) < 4.78 is 2.83. The van der Waals surface area contributed by atoms with Crippen LogP contribution in [0.15, 0.2) is 17.1 Å². The van der Waals surface area contributed by atoms with Crippen LogP contribution in [0.25, 0.3) is 11.7 Å². The lowest BCUT2D eigenvalue weighted by molar-refractivity contribution is -0.686. The van der Waals surface area contributed by atoms with Gasteiger partial charge in [0.05, 0.1) is 18.3 Å². The summed E-state index contributed by atoms with van der Waals surface area (Å²) in [5.74, 6) is -0.853. The molecule has 2 fully saturated rings. The van der Waals surface area contributed by atoms with E-state index in [1.807, 2.05) is 18.7 Å². The zero-order valence-corrected chi connectivity index (χ0v) is 19.8.